The molecule has 1 aromatic heterocycles. The van der Waals surface area contributed by atoms with E-state index >= 15 is 0 Å². The van der Waals surface area contributed by atoms with Crippen LogP contribution >= 0.6 is 0 Å². The van der Waals surface area contributed by atoms with E-state index in [0.717, 1.165) is 43.5 Å². The molecule has 29 heavy (non-hydrogen) atoms. The Morgan fingerprint density at radius 3 is 2.28 bits per heavy atom. The summed E-state index contributed by atoms with van der Waals surface area (Å²) in [5, 5.41) is 0. The summed E-state index contributed by atoms with van der Waals surface area (Å²) in [5.41, 5.74) is 1.60. The number of nitrogens with zero attached hydrogens (tertiary/aromatic N) is 3. The van der Waals surface area contributed by atoms with E-state index in [1.54, 1.807) is 24.4 Å². The molecule has 2 aliphatic rings. The van der Waals surface area contributed by atoms with Gasteiger partial charge in [-0.25, -0.2) is 13.4 Å². The lowest BCUT2D eigenvalue weighted by molar-refractivity contribution is 0.247. The van der Waals surface area contributed by atoms with Crippen LogP contribution in [0, 0.1) is 5.92 Å². The molecule has 1 aliphatic heterocycles. The maximum atomic E-state index is 12.6. The lowest BCUT2D eigenvalue weighted by Crippen LogP contribution is -2.47. The zero-order valence-corrected chi connectivity index (χ0v) is 18.0. The van der Waals surface area contributed by atoms with Crippen molar-refractivity contribution < 1.29 is 8.42 Å². The molecule has 2 fully saturated rings. The van der Waals surface area contributed by atoms with Crippen LogP contribution in [0.5, 0.6) is 0 Å². The summed E-state index contributed by atoms with van der Waals surface area (Å²) in [6.07, 6.45) is 4.38. The second-order valence-corrected chi connectivity index (χ2v) is 10.1. The number of sulfonamides is 1. The van der Waals surface area contributed by atoms with Gasteiger partial charge in [-0.2, -0.15) is 0 Å². The van der Waals surface area contributed by atoms with Crippen molar-refractivity contribution >= 4 is 21.5 Å². The van der Waals surface area contributed by atoms with E-state index in [-0.39, 0.29) is 4.90 Å². The molecular weight excluding hydrogens is 384 g/mol. The van der Waals surface area contributed by atoms with Crippen LogP contribution < -0.4 is 9.62 Å². The largest absolute Gasteiger partial charge is 0.354 e. The Morgan fingerprint density at radius 1 is 1.03 bits per heavy atom. The SMILES string of the molecule is CC(C)c1ccc(S(=O)(=O)Nc2ccc(N3CCN(CC4CC4)CC3)nc2)cc1. The highest BCUT2D eigenvalue weighted by molar-refractivity contribution is 7.92. The highest BCUT2D eigenvalue weighted by atomic mass is 32.2. The van der Waals surface area contributed by atoms with Gasteiger partial charge in [0.2, 0.25) is 0 Å². The predicted octanol–water partition coefficient (Wildman–Crippen LogP) is 3.54. The number of rotatable bonds is 7. The Labute approximate surface area is 174 Å². The zero-order valence-electron chi connectivity index (χ0n) is 17.2. The minimum absolute atomic E-state index is 0.262. The maximum absolute atomic E-state index is 12.6. The van der Waals surface area contributed by atoms with Gasteiger partial charge in [-0.15, -0.1) is 0 Å². The number of aromatic nitrogens is 1. The summed E-state index contributed by atoms with van der Waals surface area (Å²) >= 11 is 0. The van der Waals surface area contributed by atoms with Gasteiger partial charge in [0.1, 0.15) is 5.82 Å². The van der Waals surface area contributed by atoms with Gasteiger partial charge in [0.05, 0.1) is 16.8 Å². The molecule has 4 rings (SSSR count). The van der Waals surface area contributed by atoms with E-state index in [1.165, 1.54) is 19.4 Å². The lowest BCUT2D eigenvalue weighted by atomic mass is 10.0. The summed E-state index contributed by atoms with van der Waals surface area (Å²) in [6.45, 7) is 9.47. The van der Waals surface area contributed by atoms with Gasteiger partial charge in [-0.1, -0.05) is 26.0 Å². The van der Waals surface area contributed by atoms with Crippen molar-refractivity contribution in [2.45, 2.75) is 37.5 Å². The van der Waals surface area contributed by atoms with Gasteiger partial charge in [0.15, 0.2) is 0 Å². The van der Waals surface area contributed by atoms with Crippen molar-refractivity contribution in [2.75, 3.05) is 42.3 Å². The van der Waals surface area contributed by atoms with E-state index in [9.17, 15) is 8.42 Å². The summed E-state index contributed by atoms with van der Waals surface area (Å²) < 4.78 is 27.9. The van der Waals surface area contributed by atoms with E-state index in [4.69, 9.17) is 0 Å². The molecule has 0 bridgehead atoms. The first-order valence-corrected chi connectivity index (χ1v) is 12.0. The summed E-state index contributed by atoms with van der Waals surface area (Å²) in [4.78, 5) is 9.57. The molecule has 6 nitrogen and oxygen atoms in total. The molecular formula is C22H30N4O2S. The molecule has 0 amide bonds. The average Bonchev–Trinajstić information content (AvgIpc) is 3.53. The zero-order chi connectivity index (χ0) is 20.4. The monoisotopic (exact) mass is 414 g/mol. The third-order valence-corrected chi connectivity index (χ3v) is 7.16. The lowest BCUT2D eigenvalue weighted by Gasteiger charge is -2.35. The number of hydrogen-bond acceptors (Lipinski definition) is 5. The van der Waals surface area contributed by atoms with Crippen molar-refractivity contribution in [3.8, 4) is 0 Å². The molecule has 0 atom stereocenters. The maximum Gasteiger partial charge on any atom is 0.261 e. The molecule has 2 heterocycles. The number of benzene rings is 1. The van der Waals surface area contributed by atoms with E-state index in [2.05, 4.69) is 33.4 Å². The Bertz CT molecular complexity index is 914. The average molecular weight is 415 g/mol. The highest BCUT2D eigenvalue weighted by Gasteiger charge is 2.26. The van der Waals surface area contributed by atoms with Crippen molar-refractivity contribution in [2.24, 2.45) is 5.92 Å². The Hall–Kier alpha value is -2.12. The van der Waals surface area contributed by atoms with Gasteiger partial charge in [0, 0.05) is 32.7 Å². The van der Waals surface area contributed by atoms with Crippen molar-refractivity contribution in [3.05, 3.63) is 48.2 Å². The number of piperazine rings is 1. The molecule has 2 aromatic rings. The van der Waals surface area contributed by atoms with Crippen molar-refractivity contribution in [1.29, 1.82) is 0 Å². The van der Waals surface area contributed by atoms with Crippen LogP contribution in [0.1, 0.15) is 38.2 Å². The first-order valence-electron chi connectivity index (χ1n) is 10.5. The predicted molar refractivity (Wildman–Crippen MR) is 117 cm³/mol. The molecule has 0 radical (unpaired) electrons. The molecule has 156 valence electrons. The molecule has 1 aliphatic carbocycles. The Morgan fingerprint density at radius 2 is 1.72 bits per heavy atom. The van der Waals surface area contributed by atoms with Crippen LogP contribution in [-0.2, 0) is 10.0 Å². The van der Waals surface area contributed by atoms with Gasteiger partial charge in [-0.05, 0) is 54.5 Å². The third kappa shape index (κ3) is 5.08. The Balaban J connectivity index is 1.36. The number of anilines is 2. The van der Waals surface area contributed by atoms with E-state index in [1.807, 2.05) is 18.2 Å². The Kier molecular flexibility index (Phi) is 5.79. The topological polar surface area (TPSA) is 65.5 Å². The molecule has 1 saturated carbocycles. The van der Waals surface area contributed by atoms with Gasteiger partial charge < -0.3 is 4.90 Å². The summed E-state index contributed by atoms with van der Waals surface area (Å²) in [7, 11) is -3.62. The molecule has 1 saturated heterocycles. The van der Waals surface area contributed by atoms with E-state index < -0.39 is 10.0 Å². The summed E-state index contributed by atoms with van der Waals surface area (Å²) in [6, 6.07) is 10.7. The number of pyridine rings is 1. The highest BCUT2D eigenvalue weighted by Crippen LogP contribution is 2.30. The smallest absolute Gasteiger partial charge is 0.261 e. The van der Waals surface area contributed by atoms with Gasteiger partial charge >= 0.3 is 0 Å². The first kappa shape index (κ1) is 20.2. The van der Waals surface area contributed by atoms with Crippen LogP contribution in [0.15, 0.2) is 47.5 Å². The molecule has 0 spiro atoms. The number of hydrogen-bond donors (Lipinski definition) is 1. The third-order valence-electron chi connectivity index (χ3n) is 5.77. The second-order valence-electron chi connectivity index (χ2n) is 8.47. The minimum atomic E-state index is -3.62. The molecule has 0 unspecified atom stereocenters. The number of nitrogens with one attached hydrogen (secondary N) is 1. The van der Waals surface area contributed by atoms with Crippen LogP contribution in [-0.4, -0.2) is 51.0 Å². The van der Waals surface area contributed by atoms with Crippen molar-refractivity contribution in [3.63, 3.8) is 0 Å². The van der Waals surface area contributed by atoms with Crippen LogP contribution in [0.2, 0.25) is 0 Å². The van der Waals surface area contributed by atoms with E-state index in [0.29, 0.717) is 11.6 Å². The fraction of sp³-hybridized carbons (Fsp3) is 0.500. The normalized spacial score (nSPS) is 18.2. The first-order chi connectivity index (χ1) is 13.9. The van der Waals surface area contributed by atoms with Gasteiger partial charge in [0.25, 0.3) is 10.0 Å². The van der Waals surface area contributed by atoms with Crippen LogP contribution in [0.3, 0.4) is 0 Å². The van der Waals surface area contributed by atoms with Crippen LogP contribution in [0.4, 0.5) is 11.5 Å². The van der Waals surface area contributed by atoms with Gasteiger partial charge in [-0.3, -0.25) is 9.62 Å². The summed E-state index contributed by atoms with van der Waals surface area (Å²) in [5.74, 6) is 2.20. The molecule has 1 N–H and O–H groups in total. The standard InChI is InChI=1S/C22H30N4O2S/c1-17(2)19-5-8-21(9-6-19)29(27,28)24-20-7-10-22(23-15-20)26-13-11-25(12-14-26)16-18-3-4-18/h5-10,15,17-18,24H,3-4,11-14,16H2,1-2H3. The molecule has 1 aromatic carbocycles. The molecule has 7 heteroatoms. The quantitative estimate of drug-likeness (QED) is 0.751. The van der Waals surface area contributed by atoms with Crippen LogP contribution in [0.25, 0.3) is 0 Å². The fourth-order valence-electron chi connectivity index (χ4n) is 3.70. The minimum Gasteiger partial charge on any atom is -0.354 e. The second kappa shape index (κ2) is 8.32. The fourth-order valence-corrected chi connectivity index (χ4v) is 4.75. The van der Waals surface area contributed by atoms with Crippen molar-refractivity contribution in [1.82, 2.24) is 9.88 Å².